The minimum Gasteiger partial charge on any atom is -0.203 e. The van der Waals surface area contributed by atoms with Crippen LogP contribution in [0.4, 0.5) is 17.6 Å². The summed E-state index contributed by atoms with van der Waals surface area (Å²) in [5.41, 5.74) is 2.80. The van der Waals surface area contributed by atoms with Crippen molar-refractivity contribution in [3.05, 3.63) is 94.1 Å². The van der Waals surface area contributed by atoms with Gasteiger partial charge in [-0.25, -0.2) is 17.6 Å². The molecular weight excluding hydrogens is 376 g/mol. The second kappa shape index (κ2) is 9.25. The normalized spacial score (nSPS) is 11.1. The monoisotopic (exact) mass is 400 g/mol. The summed E-state index contributed by atoms with van der Waals surface area (Å²) in [6, 6.07) is 13.5. The Kier molecular flexibility index (Phi) is 6.73. The predicted molar refractivity (Wildman–Crippen MR) is 109 cm³/mol. The van der Waals surface area contributed by atoms with Gasteiger partial charge in [0.2, 0.25) is 0 Å². The molecule has 4 heteroatoms. The summed E-state index contributed by atoms with van der Waals surface area (Å²) in [7, 11) is 0. The summed E-state index contributed by atoms with van der Waals surface area (Å²) in [4.78, 5) is 0. The average Bonchev–Trinajstić information content (AvgIpc) is 2.73. The van der Waals surface area contributed by atoms with Crippen LogP contribution in [0.5, 0.6) is 0 Å². The summed E-state index contributed by atoms with van der Waals surface area (Å²) in [5.74, 6) is -3.19. The zero-order valence-corrected chi connectivity index (χ0v) is 16.7. The Balaban J connectivity index is 1.75. The average molecular weight is 400 g/mol. The summed E-state index contributed by atoms with van der Waals surface area (Å²) >= 11 is 0. The molecule has 0 unspecified atom stereocenters. The molecule has 29 heavy (non-hydrogen) atoms. The molecule has 0 bridgehead atoms. The van der Waals surface area contributed by atoms with Gasteiger partial charge >= 0.3 is 0 Å². The summed E-state index contributed by atoms with van der Waals surface area (Å²) < 4.78 is 56.7. The van der Waals surface area contributed by atoms with Crippen LogP contribution in [0, 0.1) is 23.3 Å². The van der Waals surface area contributed by atoms with Crippen LogP contribution in [-0.4, -0.2) is 0 Å². The lowest BCUT2D eigenvalue weighted by atomic mass is 9.97. The first-order valence-corrected chi connectivity index (χ1v) is 9.98. The fraction of sp³-hybridized carbons (Fsp3) is 0.280. The Hall–Kier alpha value is -2.62. The minimum atomic E-state index is -0.836. The van der Waals surface area contributed by atoms with Crippen molar-refractivity contribution >= 4 is 0 Å². The second-order valence-corrected chi connectivity index (χ2v) is 7.21. The van der Waals surface area contributed by atoms with Crippen LogP contribution in [0.2, 0.25) is 0 Å². The summed E-state index contributed by atoms with van der Waals surface area (Å²) in [5, 5.41) is 0. The van der Waals surface area contributed by atoms with Crippen LogP contribution in [0.15, 0.2) is 48.5 Å². The lowest BCUT2D eigenvalue weighted by Crippen LogP contribution is -2.01. The third-order valence-electron chi connectivity index (χ3n) is 5.25. The fourth-order valence-corrected chi connectivity index (χ4v) is 3.50. The third-order valence-corrected chi connectivity index (χ3v) is 5.25. The smallest absolute Gasteiger partial charge is 0.166 e. The maximum atomic E-state index is 14.4. The van der Waals surface area contributed by atoms with Crippen molar-refractivity contribution in [2.24, 2.45) is 0 Å². The van der Waals surface area contributed by atoms with Crippen molar-refractivity contribution < 1.29 is 17.6 Å². The van der Waals surface area contributed by atoms with Gasteiger partial charge in [-0.3, -0.25) is 0 Å². The van der Waals surface area contributed by atoms with E-state index in [1.54, 1.807) is 55.5 Å². The van der Waals surface area contributed by atoms with Gasteiger partial charge in [0, 0.05) is 5.56 Å². The van der Waals surface area contributed by atoms with E-state index in [4.69, 9.17) is 0 Å². The molecule has 3 aromatic carbocycles. The molecule has 0 saturated heterocycles. The van der Waals surface area contributed by atoms with E-state index in [2.05, 4.69) is 0 Å². The van der Waals surface area contributed by atoms with Crippen molar-refractivity contribution in [3.8, 4) is 11.1 Å². The van der Waals surface area contributed by atoms with Crippen molar-refractivity contribution in [2.45, 2.75) is 46.0 Å². The maximum Gasteiger partial charge on any atom is 0.166 e. The molecule has 152 valence electrons. The molecule has 0 atom stereocenters. The largest absolute Gasteiger partial charge is 0.203 e. The standard InChI is InChI=1S/C25H24F4/c1-3-5-19-14-15-21(25(29)24(19)28)18-9-6-16(7-10-18)8-11-20-13-12-17(4-2)22(26)23(20)27/h6-7,9-10,12-15H,3-5,8,11H2,1-2H3. The van der Waals surface area contributed by atoms with Gasteiger partial charge in [0.05, 0.1) is 0 Å². The lowest BCUT2D eigenvalue weighted by molar-refractivity contribution is 0.490. The SMILES string of the molecule is CCCc1ccc(-c2ccc(CCc3ccc(CC)c(F)c3F)cc2)c(F)c1F. The van der Waals surface area contributed by atoms with E-state index in [9.17, 15) is 17.6 Å². The number of hydrogen-bond donors (Lipinski definition) is 0. The highest BCUT2D eigenvalue weighted by Gasteiger charge is 2.15. The van der Waals surface area contributed by atoms with Gasteiger partial charge in [0.1, 0.15) is 0 Å². The summed E-state index contributed by atoms with van der Waals surface area (Å²) in [6.45, 7) is 3.70. The van der Waals surface area contributed by atoms with Gasteiger partial charge in [-0.05, 0) is 53.5 Å². The number of aryl methyl sites for hydroxylation is 4. The second-order valence-electron chi connectivity index (χ2n) is 7.21. The van der Waals surface area contributed by atoms with Crippen molar-refractivity contribution in [2.75, 3.05) is 0 Å². The molecule has 0 amide bonds. The molecule has 3 aromatic rings. The number of hydrogen-bond acceptors (Lipinski definition) is 0. The highest BCUT2D eigenvalue weighted by molar-refractivity contribution is 5.65. The van der Waals surface area contributed by atoms with Crippen LogP contribution < -0.4 is 0 Å². The Morgan fingerprint density at radius 3 is 1.76 bits per heavy atom. The highest BCUT2D eigenvalue weighted by atomic mass is 19.2. The van der Waals surface area contributed by atoms with E-state index in [0.717, 1.165) is 12.0 Å². The van der Waals surface area contributed by atoms with Crippen LogP contribution in [0.1, 0.15) is 42.5 Å². The topological polar surface area (TPSA) is 0 Å². The molecular formula is C25H24F4. The molecule has 0 fully saturated rings. The van der Waals surface area contributed by atoms with Gasteiger partial charge in [0.25, 0.3) is 0 Å². The number of halogens is 4. The molecule has 0 saturated carbocycles. The van der Waals surface area contributed by atoms with Crippen LogP contribution >= 0.6 is 0 Å². The molecule has 0 aliphatic carbocycles. The Labute approximate surface area is 169 Å². The zero-order chi connectivity index (χ0) is 21.0. The van der Waals surface area contributed by atoms with Gasteiger partial charge < -0.3 is 0 Å². The first-order chi connectivity index (χ1) is 14.0. The van der Waals surface area contributed by atoms with Crippen molar-refractivity contribution in [3.63, 3.8) is 0 Å². The molecule has 0 aliphatic rings. The van der Waals surface area contributed by atoms with E-state index < -0.39 is 23.3 Å². The van der Waals surface area contributed by atoms with E-state index in [0.29, 0.717) is 47.9 Å². The van der Waals surface area contributed by atoms with Gasteiger partial charge in [0.15, 0.2) is 23.3 Å². The zero-order valence-electron chi connectivity index (χ0n) is 16.7. The van der Waals surface area contributed by atoms with Crippen molar-refractivity contribution in [1.29, 1.82) is 0 Å². The molecule has 0 N–H and O–H groups in total. The number of rotatable bonds is 7. The fourth-order valence-electron chi connectivity index (χ4n) is 3.50. The van der Waals surface area contributed by atoms with E-state index in [-0.39, 0.29) is 5.56 Å². The highest BCUT2D eigenvalue weighted by Crippen LogP contribution is 2.27. The first-order valence-electron chi connectivity index (χ1n) is 9.98. The molecule has 0 radical (unpaired) electrons. The van der Waals surface area contributed by atoms with Crippen LogP contribution in [0.25, 0.3) is 11.1 Å². The molecule has 0 heterocycles. The third kappa shape index (κ3) is 4.52. The molecule has 0 aliphatic heterocycles. The lowest BCUT2D eigenvalue weighted by Gasteiger charge is -2.10. The van der Waals surface area contributed by atoms with Crippen molar-refractivity contribution in [1.82, 2.24) is 0 Å². The van der Waals surface area contributed by atoms with E-state index in [1.165, 1.54) is 0 Å². The van der Waals surface area contributed by atoms with Gasteiger partial charge in [-0.2, -0.15) is 0 Å². The summed E-state index contributed by atoms with van der Waals surface area (Å²) in [6.07, 6.45) is 2.57. The molecule has 0 aromatic heterocycles. The Morgan fingerprint density at radius 2 is 1.10 bits per heavy atom. The minimum absolute atomic E-state index is 0.220. The molecule has 3 rings (SSSR count). The van der Waals surface area contributed by atoms with E-state index >= 15 is 0 Å². The molecule has 0 nitrogen and oxygen atoms in total. The Bertz CT molecular complexity index is 991. The van der Waals surface area contributed by atoms with Crippen LogP contribution in [-0.2, 0) is 25.7 Å². The number of benzene rings is 3. The van der Waals surface area contributed by atoms with Crippen LogP contribution in [0.3, 0.4) is 0 Å². The Morgan fingerprint density at radius 1 is 0.552 bits per heavy atom. The first kappa shape index (κ1) is 21.1. The quantitative estimate of drug-likeness (QED) is 0.368. The molecule has 0 spiro atoms. The van der Waals surface area contributed by atoms with Gasteiger partial charge in [-0.15, -0.1) is 0 Å². The van der Waals surface area contributed by atoms with Gasteiger partial charge in [-0.1, -0.05) is 68.8 Å². The van der Waals surface area contributed by atoms with E-state index in [1.807, 2.05) is 6.92 Å². The predicted octanol–water partition coefficient (Wildman–Crippen LogP) is 7.21. The maximum absolute atomic E-state index is 14.4.